The van der Waals surface area contributed by atoms with Crippen molar-refractivity contribution >= 4 is 5.97 Å². The predicted molar refractivity (Wildman–Crippen MR) is 50.6 cm³/mol. The van der Waals surface area contributed by atoms with E-state index >= 15 is 0 Å². The third kappa shape index (κ3) is 2.34. The number of aromatic carboxylic acids is 1. The summed E-state index contributed by atoms with van der Waals surface area (Å²) in [5.74, 6) is 4.73. The van der Waals surface area contributed by atoms with Crippen molar-refractivity contribution in [3.05, 3.63) is 35.4 Å². The van der Waals surface area contributed by atoms with Gasteiger partial charge in [0.25, 0.3) is 0 Å². The molecule has 0 aliphatic rings. The zero-order chi connectivity index (χ0) is 9.68. The van der Waals surface area contributed by atoms with Crippen LogP contribution in [-0.2, 0) is 0 Å². The van der Waals surface area contributed by atoms with E-state index in [1.807, 2.05) is 6.92 Å². The second-order valence-corrected chi connectivity index (χ2v) is 2.51. The molecule has 1 rings (SSSR count). The lowest BCUT2D eigenvalue weighted by Crippen LogP contribution is -1.98. The molecule has 2 heteroatoms. The first-order valence-electron chi connectivity index (χ1n) is 4.07. The summed E-state index contributed by atoms with van der Waals surface area (Å²) in [6, 6.07) is 6.75. The number of benzene rings is 1. The number of carbonyl (C=O) groups is 1. The summed E-state index contributed by atoms with van der Waals surface area (Å²) < 4.78 is 0. The van der Waals surface area contributed by atoms with Crippen molar-refractivity contribution in [1.29, 1.82) is 0 Å². The van der Waals surface area contributed by atoms with Crippen LogP contribution in [0.2, 0.25) is 0 Å². The van der Waals surface area contributed by atoms with E-state index in [0.717, 1.165) is 6.42 Å². The molecule has 1 N–H and O–H groups in total. The van der Waals surface area contributed by atoms with Crippen LogP contribution in [0.15, 0.2) is 24.3 Å². The molecule has 0 radical (unpaired) electrons. The van der Waals surface area contributed by atoms with Gasteiger partial charge in [-0.3, -0.25) is 0 Å². The van der Waals surface area contributed by atoms with Crippen molar-refractivity contribution in [3.63, 3.8) is 0 Å². The maximum Gasteiger partial charge on any atom is 0.336 e. The highest BCUT2D eigenvalue weighted by atomic mass is 16.4. The van der Waals surface area contributed by atoms with E-state index in [0.29, 0.717) is 5.56 Å². The molecule has 0 aliphatic heterocycles. The lowest BCUT2D eigenvalue weighted by Gasteiger charge is -1.96. The molecule has 0 heterocycles. The normalized spacial score (nSPS) is 8.69. The molecule has 13 heavy (non-hydrogen) atoms. The topological polar surface area (TPSA) is 37.3 Å². The first kappa shape index (κ1) is 9.34. The van der Waals surface area contributed by atoms with Crippen molar-refractivity contribution in [2.45, 2.75) is 13.3 Å². The fourth-order valence-corrected chi connectivity index (χ4v) is 0.962. The zero-order valence-electron chi connectivity index (χ0n) is 7.37. The number of hydrogen-bond acceptors (Lipinski definition) is 1. The lowest BCUT2D eigenvalue weighted by atomic mass is 10.1. The number of rotatable bonds is 1. The van der Waals surface area contributed by atoms with Crippen LogP contribution in [0.1, 0.15) is 29.3 Å². The van der Waals surface area contributed by atoms with Gasteiger partial charge in [0.05, 0.1) is 5.56 Å². The van der Waals surface area contributed by atoms with Gasteiger partial charge in [-0.2, -0.15) is 0 Å². The Kier molecular flexibility index (Phi) is 3.10. The van der Waals surface area contributed by atoms with Crippen molar-refractivity contribution in [2.24, 2.45) is 0 Å². The van der Waals surface area contributed by atoms with E-state index in [1.54, 1.807) is 24.3 Å². The Balaban J connectivity index is 3.12. The van der Waals surface area contributed by atoms with Crippen molar-refractivity contribution < 1.29 is 9.90 Å². The summed E-state index contributed by atoms with van der Waals surface area (Å²) in [7, 11) is 0. The molecule has 1 aromatic rings. The number of hydrogen-bond donors (Lipinski definition) is 1. The van der Waals surface area contributed by atoms with Gasteiger partial charge >= 0.3 is 5.97 Å². The van der Waals surface area contributed by atoms with Gasteiger partial charge in [0.15, 0.2) is 0 Å². The Labute approximate surface area is 77.2 Å². The third-order valence-corrected chi connectivity index (χ3v) is 1.56. The Bertz CT molecular complexity index is 369. The highest BCUT2D eigenvalue weighted by Crippen LogP contribution is 2.06. The van der Waals surface area contributed by atoms with E-state index in [-0.39, 0.29) is 5.56 Å². The van der Waals surface area contributed by atoms with E-state index in [4.69, 9.17) is 5.11 Å². The molecular weight excluding hydrogens is 164 g/mol. The summed E-state index contributed by atoms with van der Waals surface area (Å²) in [5, 5.41) is 8.80. The van der Waals surface area contributed by atoms with Crippen LogP contribution in [0.25, 0.3) is 0 Å². The molecule has 0 aliphatic carbocycles. The minimum absolute atomic E-state index is 0.267. The van der Waals surface area contributed by atoms with Crippen LogP contribution in [-0.4, -0.2) is 11.1 Å². The molecule has 0 amide bonds. The lowest BCUT2D eigenvalue weighted by molar-refractivity contribution is 0.0696. The maximum absolute atomic E-state index is 10.7. The molecule has 0 aromatic heterocycles. The fraction of sp³-hybridized carbons (Fsp3) is 0.182. The summed E-state index contributed by atoms with van der Waals surface area (Å²) in [6.07, 6.45) is 0.730. The quantitative estimate of drug-likeness (QED) is 0.662. The molecule has 1 aromatic carbocycles. The van der Waals surface area contributed by atoms with Crippen LogP contribution in [0.3, 0.4) is 0 Å². The zero-order valence-corrected chi connectivity index (χ0v) is 7.37. The van der Waals surface area contributed by atoms with Crippen molar-refractivity contribution in [2.75, 3.05) is 0 Å². The Hall–Kier alpha value is -1.75. The molecule has 2 nitrogen and oxygen atoms in total. The Morgan fingerprint density at radius 3 is 2.77 bits per heavy atom. The first-order chi connectivity index (χ1) is 6.25. The maximum atomic E-state index is 10.7. The van der Waals surface area contributed by atoms with E-state index < -0.39 is 5.97 Å². The van der Waals surface area contributed by atoms with E-state index in [2.05, 4.69) is 11.8 Å². The van der Waals surface area contributed by atoms with Gasteiger partial charge in [-0.1, -0.05) is 30.9 Å². The highest BCUT2D eigenvalue weighted by molar-refractivity contribution is 5.90. The molecule has 0 saturated heterocycles. The van der Waals surface area contributed by atoms with Crippen LogP contribution in [0.5, 0.6) is 0 Å². The second-order valence-electron chi connectivity index (χ2n) is 2.51. The van der Waals surface area contributed by atoms with Crippen molar-refractivity contribution in [3.8, 4) is 11.8 Å². The van der Waals surface area contributed by atoms with Crippen molar-refractivity contribution in [1.82, 2.24) is 0 Å². The fourth-order valence-electron chi connectivity index (χ4n) is 0.962. The minimum Gasteiger partial charge on any atom is -0.478 e. The van der Waals surface area contributed by atoms with Gasteiger partial charge in [0, 0.05) is 12.0 Å². The number of carboxylic acid groups (broad SMARTS) is 1. The molecule has 0 bridgehead atoms. The molecule has 0 fully saturated rings. The standard InChI is InChI=1S/C11H10O2/c1-2-3-6-9-7-4-5-8-10(9)11(12)13/h4-5,7-8H,2H2,1H3,(H,12,13). The largest absolute Gasteiger partial charge is 0.478 e. The highest BCUT2D eigenvalue weighted by Gasteiger charge is 2.05. The Morgan fingerprint density at radius 1 is 1.46 bits per heavy atom. The molecule has 0 unspecified atom stereocenters. The molecule has 0 atom stereocenters. The molecule has 66 valence electrons. The monoisotopic (exact) mass is 174 g/mol. The summed E-state index contributed by atoms with van der Waals surface area (Å²) >= 11 is 0. The Morgan fingerprint density at radius 2 is 2.15 bits per heavy atom. The van der Waals surface area contributed by atoms with Gasteiger partial charge in [0.2, 0.25) is 0 Å². The van der Waals surface area contributed by atoms with E-state index in [1.165, 1.54) is 0 Å². The first-order valence-corrected chi connectivity index (χ1v) is 4.07. The van der Waals surface area contributed by atoms with Crippen LogP contribution < -0.4 is 0 Å². The third-order valence-electron chi connectivity index (χ3n) is 1.56. The summed E-state index contributed by atoms with van der Waals surface area (Å²) in [6.45, 7) is 1.93. The van der Waals surface area contributed by atoms with Gasteiger partial charge in [-0.25, -0.2) is 4.79 Å². The smallest absolute Gasteiger partial charge is 0.336 e. The number of carboxylic acids is 1. The predicted octanol–water partition coefficient (Wildman–Crippen LogP) is 2.15. The van der Waals surface area contributed by atoms with Gasteiger partial charge in [-0.15, -0.1) is 0 Å². The molecule has 0 saturated carbocycles. The van der Waals surface area contributed by atoms with Crippen LogP contribution in [0.4, 0.5) is 0 Å². The van der Waals surface area contributed by atoms with Crippen LogP contribution in [0, 0.1) is 11.8 Å². The average molecular weight is 174 g/mol. The second kappa shape index (κ2) is 4.32. The summed E-state index contributed by atoms with van der Waals surface area (Å²) in [4.78, 5) is 10.7. The SMILES string of the molecule is CCC#Cc1ccccc1C(=O)O. The van der Waals surface area contributed by atoms with E-state index in [9.17, 15) is 4.79 Å². The van der Waals surface area contributed by atoms with Gasteiger partial charge in [-0.05, 0) is 12.1 Å². The van der Waals surface area contributed by atoms with Gasteiger partial charge < -0.3 is 5.11 Å². The summed E-state index contributed by atoms with van der Waals surface area (Å²) in [5.41, 5.74) is 0.848. The minimum atomic E-state index is -0.930. The molecule has 0 spiro atoms. The molecular formula is C11H10O2. The van der Waals surface area contributed by atoms with Crippen LogP contribution >= 0.6 is 0 Å². The average Bonchev–Trinajstić information content (AvgIpc) is 2.15. The van der Waals surface area contributed by atoms with Gasteiger partial charge in [0.1, 0.15) is 0 Å².